The van der Waals surface area contributed by atoms with Gasteiger partial charge in [0.2, 0.25) is 5.91 Å². The van der Waals surface area contributed by atoms with E-state index in [1.54, 1.807) is 6.08 Å². The predicted molar refractivity (Wildman–Crippen MR) is 244 cm³/mol. The first-order chi connectivity index (χ1) is 27.5. The molecule has 0 aliphatic rings. The van der Waals surface area contributed by atoms with Crippen molar-refractivity contribution in [3.05, 3.63) is 48.6 Å². The third-order valence-corrected chi connectivity index (χ3v) is 11.2. The third kappa shape index (κ3) is 42.4. The van der Waals surface area contributed by atoms with E-state index in [0.717, 1.165) is 44.9 Å². The van der Waals surface area contributed by atoms with Gasteiger partial charge in [0.05, 0.1) is 39.9 Å². The molecule has 3 unspecified atom stereocenters. The molecule has 0 aromatic carbocycles. The fourth-order valence-corrected chi connectivity index (χ4v) is 7.21. The van der Waals surface area contributed by atoms with Gasteiger partial charge in [0.25, 0.3) is 0 Å². The van der Waals surface area contributed by atoms with Gasteiger partial charge in [-0.05, 0) is 70.6 Å². The Morgan fingerprint density at radius 3 is 1.40 bits per heavy atom. The van der Waals surface area contributed by atoms with Gasteiger partial charge in [-0.2, -0.15) is 0 Å². The van der Waals surface area contributed by atoms with Crippen molar-refractivity contribution < 1.29 is 32.9 Å². The van der Waals surface area contributed by atoms with Crippen LogP contribution in [0.2, 0.25) is 0 Å². The van der Waals surface area contributed by atoms with Crippen LogP contribution >= 0.6 is 7.82 Å². The molecule has 0 saturated carbocycles. The van der Waals surface area contributed by atoms with Gasteiger partial charge in [0, 0.05) is 6.42 Å². The maximum absolute atomic E-state index is 12.9. The van der Waals surface area contributed by atoms with Crippen molar-refractivity contribution in [2.24, 2.45) is 0 Å². The van der Waals surface area contributed by atoms with Gasteiger partial charge < -0.3 is 19.8 Å². The van der Waals surface area contributed by atoms with Crippen LogP contribution in [0, 0.1) is 0 Å². The number of phosphoric ester groups is 1. The minimum Gasteiger partial charge on any atom is -0.387 e. The monoisotopic (exact) mass is 824 g/mol. The smallest absolute Gasteiger partial charge is 0.387 e. The Morgan fingerprint density at radius 2 is 0.965 bits per heavy atom. The van der Waals surface area contributed by atoms with E-state index in [0.29, 0.717) is 17.4 Å². The number of unbranched alkanes of at least 4 members (excludes halogenated alkanes) is 23. The van der Waals surface area contributed by atoms with Crippen molar-refractivity contribution in [1.82, 2.24) is 5.32 Å². The summed E-state index contributed by atoms with van der Waals surface area (Å²) in [6, 6.07) is -0.871. The second-order valence-corrected chi connectivity index (χ2v) is 18.6. The number of phosphoric acid groups is 1. The summed E-state index contributed by atoms with van der Waals surface area (Å²) in [5.41, 5.74) is 0. The summed E-state index contributed by atoms with van der Waals surface area (Å²) < 4.78 is 23.6. The van der Waals surface area contributed by atoms with Crippen LogP contribution in [-0.4, -0.2) is 73.4 Å². The molecule has 0 aromatic heterocycles. The van der Waals surface area contributed by atoms with Gasteiger partial charge in [-0.3, -0.25) is 13.8 Å². The molecule has 0 rings (SSSR count). The number of nitrogens with zero attached hydrogens (tertiary/aromatic N) is 1. The number of quaternary nitrogens is 1. The molecular weight excluding hydrogens is 732 g/mol. The zero-order valence-corrected chi connectivity index (χ0v) is 38.7. The Hall–Kier alpha value is -1.54. The number of aliphatic hydroxyl groups excluding tert-OH is 1. The maximum Gasteiger partial charge on any atom is 0.472 e. The molecule has 3 N–H and O–H groups in total. The van der Waals surface area contributed by atoms with Crippen LogP contribution in [0.3, 0.4) is 0 Å². The molecule has 0 heterocycles. The van der Waals surface area contributed by atoms with Crippen molar-refractivity contribution in [2.75, 3.05) is 40.9 Å². The van der Waals surface area contributed by atoms with E-state index in [2.05, 4.69) is 55.6 Å². The summed E-state index contributed by atoms with van der Waals surface area (Å²) in [5, 5.41) is 13.8. The summed E-state index contributed by atoms with van der Waals surface area (Å²) >= 11 is 0. The average molecular weight is 824 g/mol. The molecule has 0 spiro atoms. The molecular formula is C48H92N2O6P+. The Kier molecular flexibility index (Phi) is 38.8. The van der Waals surface area contributed by atoms with Gasteiger partial charge >= 0.3 is 7.82 Å². The van der Waals surface area contributed by atoms with E-state index < -0.39 is 20.0 Å². The number of amides is 1. The van der Waals surface area contributed by atoms with Crippen LogP contribution in [0.1, 0.15) is 200 Å². The molecule has 57 heavy (non-hydrogen) atoms. The molecule has 0 bridgehead atoms. The van der Waals surface area contributed by atoms with Gasteiger partial charge in [-0.1, -0.05) is 172 Å². The fourth-order valence-electron chi connectivity index (χ4n) is 6.48. The number of rotatable bonds is 42. The normalized spacial score (nSPS) is 14.7. The molecule has 334 valence electrons. The van der Waals surface area contributed by atoms with Gasteiger partial charge in [-0.15, -0.1) is 0 Å². The molecule has 0 fully saturated rings. The molecule has 1 amide bonds. The highest BCUT2D eigenvalue weighted by Crippen LogP contribution is 2.43. The zero-order valence-electron chi connectivity index (χ0n) is 37.8. The first-order valence-electron chi connectivity index (χ1n) is 23.5. The average Bonchev–Trinajstić information content (AvgIpc) is 3.16. The lowest BCUT2D eigenvalue weighted by molar-refractivity contribution is -0.870. The molecule has 8 nitrogen and oxygen atoms in total. The SMILES string of the molecule is CCCCCCCC/C=C/CC/C=C/CC/C=C/C(O)C(COP(=O)(O)OCC[N+](C)(C)C)NC(=O)CCCCCCCCC/C=C\CCCCCCCCCC. The number of allylic oxidation sites excluding steroid dienone is 7. The van der Waals surface area contributed by atoms with Gasteiger partial charge in [-0.25, -0.2) is 4.57 Å². The molecule has 3 atom stereocenters. The van der Waals surface area contributed by atoms with Gasteiger partial charge in [0.1, 0.15) is 13.2 Å². The lowest BCUT2D eigenvalue weighted by Gasteiger charge is -2.25. The quantitative estimate of drug-likeness (QED) is 0.0245. The molecule has 0 saturated heterocycles. The van der Waals surface area contributed by atoms with Crippen LogP contribution in [-0.2, 0) is 18.4 Å². The van der Waals surface area contributed by atoms with E-state index in [9.17, 15) is 19.4 Å². The van der Waals surface area contributed by atoms with E-state index in [1.807, 2.05) is 27.2 Å². The van der Waals surface area contributed by atoms with Crippen LogP contribution in [0.5, 0.6) is 0 Å². The summed E-state index contributed by atoms with van der Waals surface area (Å²) in [6.45, 7) is 4.77. The molecule has 9 heteroatoms. The fraction of sp³-hybridized carbons (Fsp3) is 0.812. The second-order valence-electron chi connectivity index (χ2n) is 17.1. The number of hydrogen-bond acceptors (Lipinski definition) is 5. The number of likely N-dealkylation sites (N-methyl/N-ethyl adjacent to an activating group) is 1. The highest BCUT2D eigenvalue weighted by atomic mass is 31.2. The number of carbonyl (C=O) groups is 1. The number of aliphatic hydroxyl groups is 1. The predicted octanol–water partition coefficient (Wildman–Crippen LogP) is 13.2. The maximum atomic E-state index is 12.9. The minimum atomic E-state index is -4.35. The summed E-state index contributed by atoms with van der Waals surface area (Å²) in [7, 11) is 1.54. The molecule has 0 aliphatic carbocycles. The lowest BCUT2D eigenvalue weighted by Crippen LogP contribution is -2.45. The zero-order chi connectivity index (χ0) is 42.1. The Morgan fingerprint density at radius 1 is 0.579 bits per heavy atom. The first kappa shape index (κ1) is 55.5. The number of nitrogens with one attached hydrogen (secondary N) is 1. The Labute approximate surface area is 352 Å². The Balaban J connectivity index is 4.45. The van der Waals surface area contributed by atoms with E-state index in [-0.39, 0.29) is 19.1 Å². The first-order valence-corrected chi connectivity index (χ1v) is 25.0. The van der Waals surface area contributed by atoms with Crippen LogP contribution < -0.4 is 5.32 Å². The number of hydrogen-bond donors (Lipinski definition) is 3. The lowest BCUT2D eigenvalue weighted by atomic mass is 10.1. The Bertz CT molecular complexity index is 1070. The van der Waals surface area contributed by atoms with E-state index >= 15 is 0 Å². The van der Waals surface area contributed by atoms with E-state index in [1.165, 1.54) is 135 Å². The van der Waals surface area contributed by atoms with Crippen molar-refractivity contribution in [2.45, 2.75) is 212 Å². The summed E-state index contributed by atoms with van der Waals surface area (Å²) in [4.78, 5) is 23.1. The summed E-state index contributed by atoms with van der Waals surface area (Å²) in [6.07, 6.45) is 50.4. The molecule has 0 aliphatic heterocycles. The molecule has 0 radical (unpaired) electrons. The van der Waals surface area contributed by atoms with Gasteiger partial charge in [0.15, 0.2) is 0 Å². The second kappa shape index (κ2) is 39.9. The topological polar surface area (TPSA) is 105 Å². The molecule has 0 aromatic rings. The standard InChI is InChI=1S/C48H91N2O6P/c1-6-8-10-12-14-16-18-20-22-24-25-26-28-30-32-34-36-38-40-42-48(52)49-46(45-56-57(53,54)55-44-43-50(3,4)5)47(51)41-39-37-35-33-31-29-27-23-21-19-17-15-13-11-9-7-2/h21,23-25,31,33,39,41,46-47,51H,6-20,22,26-30,32,34-38,40,42-45H2,1-5H3,(H-,49,52,53,54)/p+1/b23-21+,25-24-,33-31+,41-39+. The highest BCUT2D eigenvalue weighted by molar-refractivity contribution is 7.47. The van der Waals surface area contributed by atoms with Crippen molar-refractivity contribution in [3.8, 4) is 0 Å². The van der Waals surface area contributed by atoms with Crippen LogP contribution in [0.4, 0.5) is 0 Å². The number of carbonyl (C=O) groups excluding carboxylic acids is 1. The minimum absolute atomic E-state index is 0.0518. The summed E-state index contributed by atoms with van der Waals surface area (Å²) in [5.74, 6) is -0.197. The van der Waals surface area contributed by atoms with Crippen molar-refractivity contribution >= 4 is 13.7 Å². The highest BCUT2D eigenvalue weighted by Gasteiger charge is 2.27. The van der Waals surface area contributed by atoms with Crippen molar-refractivity contribution in [3.63, 3.8) is 0 Å². The largest absolute Gasteiger partial charge is 0.472 e. The van der Waals surface area contributed by atoms with E-state index in [4.69, 9.17) is 9.05 Å². The van der Waals surface area contributed by atoms with Crippen molar-refractivity contribution in [1.29, 1.82) is 0 Å². The van der Waals surface area contributed by atoms with Crippen LogP contribution in [0.25, 0.3) is 0 Å². The third-order valence-electron chi connectivity index (χ3n) is 10.2. The van der Waals surface area contributed by atoms with Crippen LogP contribution in [0.15, 0.2) is 48.6 Å².